The average molecular weight is 434 g/mol. The molecule has 0 fully saturated rings. The molecule has 0 aliphatic carbocycles. The number of nitrogens with zero attached hydrogens (tertiary/aromatic N) is 1. The zero-order chi connectivity index (χ0) is 22.3. The zero-order valence-corrected chi connectivity index (χ0v) is 18.3. The van der Waals surface area contributed by atoms with Crippen LogP contribution in [-0.2, 0) is 14.8 Å². The predicted molar refractivity (Wildman–Crippen MR) is 115 cm³/mol. The fraction of sp³-hybridized carbons (Fsp3) is 0.333. The largest absolute Gasteiger partial charge is 0.497 e. The molecule has 0 unspecified atom stereocenters. The number of sulfonamides is 1. The van der Waals surface area contributed by atoms with Gasteiger partial charge >= 0.3 is 0 Å². The van der Waals surface area contributed by atoms with Crippen molar-refractivity contribution in [2.45, 2.75) is 31.7 Å². The number of rotatable bonds is 9. The van der Waals surface area contributed by atoms with Gasteiger partial charge in [0, 0.05) is 24.3 Å². The van der Waals surface area contributed by atoms with Crippen molar-refractivity contribution in [2.75, 3.05) is 25.5 Å². The van der Waals surface area contributed by atoms with Gasteiger partial charge in [0.25, 0.3) is 5.91 Å². The summed E-state index contributed by atoms with van der Waals surface area (Å²) in [5, 5.41) is 2.65. The molecule has 2 rings (SSSR count). The minimum Gasteiger partial charge on any atom is -0.497 e. The van der Waals surface area contributed by atoms with Crippen molar-refractivity contribution < 1.29 is 22.7 Å². The Labute approximate surface area is 177 Å². The molecule has 0 aromatic heterocycles. The van der Waals surface area contributed by atoms with E-state index >= 15 is 0 Å². The van der Waals surface area contributed by atoms with E-state index in [4.69, 9.17) is 4.74 Å². The van der Waals surface area contributed by atoms with Crippen LogP contribution in [0, 0.1) is 0 Å². The van der Waals surface area contributed by atoms with Crippen LogP contribution in [0.3, 0.4) is 0 Å². The van der Waals surface area contributed by atoms with Gasteiger partial charge in [-0.25, -0.2) is 8.42 Å². The third-order valence-electron chi connectivity index (χ3n) is 4.52. The molecule has 0 saturated carbocycles. The predicted octanol–water partition coefficient (Wildman–Crippen LogP) is 2.48. The lowest BCUT2D eigenvalue weighted by molar-refractivity contribution is -0.117. The lowest BCUT2D eigenvalue weighted by Gasteiger charge is -2.19. The summed E-state index contributed by atoms with van der Waals surface area (Å²) in [6.45, 7) is 6.39. The van der Waals surface area contributed by atoms with E-state index in [0.29, 0.717) is 30.1 Å². The van der Waals surface area contributed by atoms with Crippen LogP contribution in [0.1, 0.15) is 31.1 Å². The Hall–Kier alpha value is -2.91. The van der Waals surface area contributed by atoms with E-state index in [1.165, 1.54) is 38.3 Å². The fourth-order valence-corrected chi connectivity index (χ4v) is 3.99. The SMILES string of the molecule is CCN(CC)C(=O)c1cccc(NC(=O)[C@H](C)NS(=O)(=O)c2ccc(OC)cc2)c1. The molecule has 162 valence electrons. The number of carbonyl (C=O) groups excluding carboxylic acids is 2. The van der Waals surface area contributed by atoms with E-state index in [1.807, 2.05) is 13.8 Å². The number of ether oxygens (including phenoxy) is 1. The van der Waals surface area contributed by atoms with Gasteiger partial charge in [0.15, 0.2) is 0 Å². The number of amides is 2. The van der Waals surface area contributed by atoms with E-state index < -0.39 is 22.0 Å². The van der Waals surface area contributed by atoms with Gasteiger partial charge in [-0.15, -0.1) is 0 Å². The second-order valence-corrected chi connectivity index (χ2v) is 8.28. The smallest absolute Gasteiger partial charge is 0.253 e. The Kier molecular flexibility index (Phi) is 7.96. The summed E-state index contributed by atoms with van der Waals surface area (Å²) < 4.78 is 32.4. The molecule has 0 bridgehead atoms. The van der Waals surface area contributed by atoms with Gasteiger partial charge in [-0.1, -0.05) is 6.07 Å². The first-order valence-corrected chi connectivity index (χ1v) is 11.1. The van der Waals surface area contributed by atoms with Crippen LogP contribution >= 0.6 is 0 Å². The third-order valence-corrected chi connectivity index (χ3v) is 6.08. The van der Waals surface area contributed by atoms with Crippen molar-refractivity contribution in [1.82, 2.24) is 9.62 Å². The van der Waals surface area contributed by atoms with Crippen molar-refractivity contribution >= 4 is 27.5 Å². The van der Waals surface area contributed by atoms with Crippen molar-refractivity contribution in [2.24, 2.45) is 0 Å². The van der Waals surface area contributed by atoms with Gasteiger partial charge < -0.3 is 15.0 Å². The monoisotopic (exact) mass is 433 g/mol. The number of hydrogen-bond donors (Lipinski definition) is 2. The quantitative estimate of drug-likeness (QED) is 0.632. The van der Waals surface area contributed by atoms with E-state index in [0.717, 1.165) is 0 Å². The van der Waals surface area contributed by atoms with Gasteiger partial charge in [-0.2, -0.15) is 4.72 Å². The maximum absolute atomic E-state index is 12.5. The van der Waals surface area contributed by atoms with Gasteiger partial charge in [0.2, 0.25) is 15.9 Å². The van der Waals surface area contributed by atoms with Crippen LogP contribution in [0.25, 0.3) is 0 Å². The molecule has 2 N–H and O–H groups in total. The molecular formula is C21H27N3O5S. The highest BCUT2D eigenvalue weighted by atomic mass is 32.2. The number of carbonyl (C=O) groups is 2. The van der Waals surface area contributed by atoms with E-state index in [9.17, 15) is 18.0 Å². The zero-order valence-electron chi connectivity index (χ0n) is 17.5. The number of nitrogens with one attached hydrogen (secondary N) is 2. The van der Waals surface area contributed by atoms with E-state index in [1.54, 1.807) is 29.2 Å². The number of hydrogen-bond acceptors (Lipinski definition) is 5. The van der Waals surface area contributed by atoms with Crippen LogP contribution < -0.4 is 14.8 Å². The molecule has 9 heteroatoms. The Balaban J connectivity index is 2.08. The molecule has 0 spiro atoms. The van der Waals surface area contributed by atoms with Crippen LogP contribution in [0.15, 0.2) is 53.4 Å². The second-order valence-electron chi connectivity index (χ2n) is 6.57. The highest BCUT2D eigenvalue weighted by Crippen LogP contribution is 2.17. The first kappa shape index (κ1) is 23.4. The van der Waals surface area contributed by atoms with Crippen molar-refractivity contribution in [3.63, 3.8) is 0 Å². The molecule has 0 heterocycles. The third kappa shape index (κ3) is 5.80. The standard InChI is InChI=1S/C21H27N3O5S/c1-5-24(6-2)21(26)16-8-7-9-17(14-16)22-20(25)15(3)23-30(27,28)19-12-10-18(29-4)11-13-19/h7-15,23H,5-6H2,1-4H3,(H,22,25)/t15-/m0/s1. The van der Waals surface area contributed by atoms with Crippen molar-refractivity contribution in [3.05, 3.63) is 54.1 Å². The lowest BCUT2D eigenvalue weighted by atomic mass is 10.1. The Morgan fingerprint density at radius 3 is 2.27 bits per heavy atom. The fourth-order valence-electron chi connectivity index (χ4n) is 2.78. The van der Waals surface area contributed by atoms with Crippen LogP contribution in [-0.4, -0.2) is 51.4 Å². The molecule has 2 aromatic carbocycles. The molecular weight excluding hydrogens is 406 g/mol. The summed E-state index contributed by atoms with van der Waals surface area (Å²) in [7, 11) is -2.40. The summed E-state index contributed by atoms with van der Waals surface area (Å²) in [5.74, 6) is -0.150. The minimum absolute atomic E-state index is 0.0229. The molecule has 30 heavy (non-hydrogen) atoms. The van der Waals surface area contributed by atoms with Gasteiger partial charge in [-0.05, 0) is 63.2 Å². The molecule has 0 radical (unpaired) electrons. The Morgan fingerprint density at radius 1 is 1.07 bits per heavy atom. The number of benzene rings is 2. The molecule has 0 aliphatic heterocycles. The molecule has 2 amide bonds. The lowest BCUT2D eigenvalue weighted by Crippen LogP contribution is -2.41. The average Bonchev–Trinajstić information content (AvgIpc) is 2.74. The second kappa shape index (κ2) is 10.2. The first-order valence-electron chi connectivity index (χ1n) is 9.58. The molecule has 1 atom stereocenters. The van der Waals surface area contributed by atoms with Crippen LogP contribution in [0.2, 0.25) is 0 Å². The van der Waals surface area contributed by atoms with E-state index in [-0.39, 0.29) is 10.8 Å². The van der Waals surface area contributed by atoms with Crippen LogP contribution in [0.5, 0.6) is 5.75 Å². The van der Waals surface area contributed by atoms with Crippen molar-refractivity contribution in [1.29, 1.82) is 0 Å². The minimum atomic E-state index is -3.89. The Bertz CT molecular complexity index is 986. The topological polar surface area (TPSA) is 105 Å². The number of anilines is 1. The summed E-state index contributed by atoms with van der Waals surface area (Å²) in [6, 6.07) is 11.4. The number of methoxy groups -OCH3 is 1. The Morgan fingerprint density at radius 2 is 1.70 bits per heavy atom. The summed E-state index contributed by atoms with van der Waals surface area (Å²) in [4.78, 5) is 26.7. The maximum atomic E-state index is 12.5. The first-order chi connectivity index (χ1) is 14.2. The highest BCUT2D eigenvalue weighted by molar-refractivity contribution is 7.89. The van der Waals surface area contributed by atoms with Crippen molar-refractivity contribution in [3.8, 4) is 5.75 Å². The van der Waals surface area contributed by atoms with Gasteiger partial charge in [0.05, 0.1) is 18.0 Å². The van der Waals surface area contributed by atoms with E-state index in [2.05, 4.69) is 10.0 Å². The normalized spacial score (nSPS) is 12.1. The van der Waals surface area contributed by atoms with Gasteiger partial charge in [0.1, 0.15) is 5.75 Å². The molecule has 2 aromatic rings. The molecule has 0 aliphatic rings. The van der Waals surface area contributed by atoms with Crippen LogP contribution in [0.4, 0.5) is 5.69 Å². The summed E-state index contributed by atoms with van der Waals surface area (Å²) in [6.07, 6.45) is 0. The maximum Gasteiger partial charge on any atom is 0.253 e. The summed E-state index contributed by atoms with van der Waals surface area (Å²) >= 11 is 0. The summed E-state index contributed by atoms with van der Waals surface area (Å²) in [5.41, 5.74) is 0.858. The molecule has 0 saturated heterocycles. The molecule has 8 nitrogen and oxygen atoms in total. The highest BCUT2D eigenvalue weighted by Gasteiger charge is 2.22. The van der Waals surface area contributed by atoms with Gasteiger partial charge in [-0.3, -0.25) is 9.59 Å².